The van der Waals surface area contributed by atoms with Crippen molar-refractivity contribution in [1.29, 1.82) is 0 Å². The highest BCUT2D eigenvalue weighted by molar-refractivity contribution is 5.35. The van der Waals surface area contributed by atoms with Crippen molar-refractivity contribution in [1.82, 2.24) is 9.97 Å². The zero-order valence-corrected chi connectivity index (χ0v) is 9.08. The summed E-state index contributed by atoms with van der Waals surface area (Å²) in [5, 5.41) is 18.1. The van der Waals surface area contributed by atoms with E-state index in [1.54, 1.807) is 18.2 Å². The molecule has 5 heteroatoms. The lowest BCUT2D eigenvalue weighted by Gasteiger charge is -2.08. The summed E-state index contributed by atoms with van der Waals surface area (Å²) in [6, 6.07) is 7.11. The first-order chi connectivity index (χ1) is 8.33. The third-order valence-electron chi connectivity index (χ3n) is 2.18. The molecule has 2 aromatic rings. The van der Waals surface area contributed by atoms with Gasteiger partial charge in [0.2, 0.25) is 5.88 Å². The highest BCUT2D eigenvalue weighted by Gasteiger charge is 2.05. The number of aliphatic hydroxyl groups excluding tert-OH is 2. The molecule has 1 heterocycles. The smallest absolute Gasteiger partial charge is 0.238 e. The molecule has 2 rings (SSSR count). The molecule has 0 bridgehead atoms. The summed E-state index contributed by atoms with van der Waals surface area (Å²) >= 11 is 0. The van der Waals surface area contributed by atoms with Crippen LogP contribution >= 0.6 is 0 Å². The van der Waals surface area contributed by atoms with Crippen LogP contribution in [0, 0.1) is 0 Å². The van der Waals surface area contributed by atoms with Gasteiger partial charge in [0.05, 0.1) is 31.3 Å². The van der Waals surface area contributed by atoms with E-state index in [2.05, 4.69) is 9.97 Å². The molecule has 0 fully saturated rings. The van der Waals surface area contributed by atoms with Crippen LogP contribution in [0.25, 0.3) is 0 Å². The van der Waals surface area contributed by atoms with Crippen molar-refractivity contribution in [2.45, 2.75) is 13.2 Å². The molecule has 0 amide bonds. The van der Waals surface area contributed by atoms with Crippen molar-refractivity contribution in [3.63, 3.8) is 0 Å². The summed E-state index contributed by atoms with van der Waals surface area (Å²) in [6.07, 6.45) is 2.91. The molecular formula is C12H12N2O3. The number of hydrogen-bond donors (Lipinski definition) is 2. The molecule has 88 valence electrons. The largest absolute Gasteiger partial charge is 0.437 e. The fraction of sp³-hybridized carbons (Fsp3) is 0.167. The maximum atomic E-state index is 9.14. The minimum absolute atomic E-state index is 0.108. The molecular weight excluding hydrogens is 220 g/mol. The van der Waals surface area contributed by atoms with E-state index in [1.807, 2.05) is 6.07 Å². The van der Waals surface area contributed by atoms with Crippen LogP contribution in [0.15, 0.2) is 36.7 Å². The highest BCUT2D eigenvalue weighted by atomic mass is 16.5. The van der Waals surface area contributed by atoms with E-state index in [0.717, 1.165) is 0 Å². The lowest BCUT2D eigenvalue weighted by Crippen LogP contribution is -1.97. The Bertz CT molecular complexity index is 503. The van der Waals surface area contributed by atoms with E-state index in [4.69, 9.17) is 14.9 Å². The second-order valence-electron chi connectivity index (χ2n) is 3.37. The van der Waals surface area contributed by atoms with Crippen molar-refractivity contribution in [3.05, 3.63) is 47.9 Å². The second-order valence-corrected chi connectivity index (χ2v) is 3.37. The number of aromatic nitrogens is 2. The first-order valence-corrected chi connectivity index (χ1v) is 5.12. The molecule has 1 aromatic heterocycles. The number of nitrogens with zero attached hydrogens (tertiary/aromatic N) is 2. The van der Waals surface area contributed by atoms with Gasteiger partial charge in [-0.05, 0) is 6.07 Å². The molecule has 0 aliphatic rings. The van der Waals surface area contributed by atoms with Crippen molar-refractivity contribution in [3.8, 4) is 11.6 Å². The summed E-state index contributed by atoms with van der Waals surface area (Å²) in [5.41, 5.74) is 1.10. The molecule has 5 nitrogen and oxygen atoms in total. The van der Waals surface area contributed by atoms with E-state index in [-0.39, 0.29) is 19.1 Å². The van der Waals surface area contributed by atoms with E-state index >= 15 is 0 Å². The fourth-order valence-corrected chi connectivity index (χ4v) is 1.36. The summed E-state index contributed by atoms with van der Waals surface area (Å²) in [7, 11) is 0. The number of para-hydroxylation sites is 1. The summed E-state index contributed by atoms with van der Waals surface area (Å²) in [5.74, 6) is 0.817. The van der Waals surface area contributed by atoms with Crippen molar-refractivity contribution in [2.24, 2.45) is 0 Å². The summed E-state index contributed by atoms with van der Waals surface area (Å²) < 4.78 is 5.50. The van der Waals surface area contributed by atoms with Crippen LogP contribution in [0.2, 0.25) is 0 Å². The zero-order chi connectivity index (χ0) is 12.1. The van der Waals surface area contributed by atoms with Gasteiger partial charge in [-0.3, -0.25) is 4.98 Å². The van der Waals surface area contributed by atoms with Gasteiger partial charge in [0.1, 0.15) is 5.75 Å². The Labute approximate surface area is 98.4 Å². The van der Waals surface area contributed by atoms with Crippen LogP contribution in [0.4, 0.5) is 0 Å². The first-order valence-electron chi connectivity index (χ1n) is 5.12. The van der Waals surface area contributed by atoms with Gasteiger partial charge in [-0.2, -0.15) is 0 Å². The lowest BCUT2D eigenvalue weighted by atomic mass is 10.2. The molecule has 0 saturated carbocycles. The Morgan fingerprint density at radius 1 is 1.06 bits per heavy atom. The maximum Gasteiger partial charge on any atom is 0.238 e. The van der Waals surface area contributed by atoms with Crippen LogP contribution in [0.5, 0.6) is 11.6 Å². The molecule has 0 aliphatic carbocycles. The molecule has 17 heavy (non-hydrogen) atoms. The number of benzene rings is 1. The average Bonchev–Trinajstić information content (AvgIpc) is 2.39. The van der Waals surface area contributed by atoms with Gasteiger partial charge in [0.25, 0.3) is 0 Å². The minimum Gasteiger partial charge on any atom is -0.437 e. The molecule has 0 aliphatic heterocycles. The van der Waals surface area contributed by atoms with Crippen molar-refractivity contribution in [2.75, 3.05) is 0 Å². The molecule has 0 saturated heterocycles. The Kier molecular flexibility index (Phi) is 3.64. The van der Waals surface area contributed by atoms with Gasteiger partial charge >= 0.3 is 0 Å². The first kappa shape index (κ1) is 11.5. The van der Waals surface area contributed by atoms with Gasteiger partial charge in [-0.15, -0.1) is 0 Å². The minimum atomic E-state index is -0.189. The summed E-state index contributed by atoms with van der Waals surface area (Å²) in [4.78, 5) is 7.94. The van der Waals surface area contributed by atoms with Gasteiger partial charge in [-0.1, -0.05) is 18.2 Å². The molecule has 0 unspecified atom stereocenters. The molecule has 0 atom stereocenters. The van der Waals surface area contributed by atoms with Crippen molar-refractivity contribution >= 4 is 0 Å². The highest BCUT2D eigenvalue weighted by Crippen LogP contribution is 2.23. The zero-order valence-electron chi connectivity index (χ0n) is 9.08. The van der Waals surface area contributed by atoms with Crippen LogP contribution in [-0.2, 0) is 13.2 Å². The monoisotopic (exact) mass is 232 g/mol. The van der Waals surface area contributed by atoms with E-state index in [1.165, 1.54) is 12.4 Å². The van der Waals surface area contributed by atoms with Crippen LogP contribution in [-0.4, -0.2) is 20.2 Å². The quantitative estimate of drug-likeness (QED) is 0.829. The number of ether oxygens (including phenoxy) is 1. The predicted molar refractivity (Wildman–Crippen MR) is 60.4 cm³/mol. The third kappa shape index (κ3) is 2.77. The number of rotatable bonds is 4. The van der Waals surface area contributed by atoms with Gasteiger partial charge in [0.15, 0.2) is 0 Å². The lowest BCUT2D eigenvalue weighted by molar-refractivity contribution is 0.271. The van der Waals surface area contributed by atoms with E-state index < -0.39 is 0 Å². The molecule has 0 radical (unpaired) electrons. The van der Waals surface area contributed by atoms with Crippen LogP contribution < -0.4 is 4.74 Å². The fourth-order valence-electron chi connectivity index (χ4n) is 1.36. The topological polar surface area (TPSA) is 75.5 Å². The van der Waals surface area contributed by atoms with E-state index in [0.29, 0.717) is 17.0 Å². The Morgan fingerprint density at radius 3 is 2.65 bits per heavy atom. The van der Waals surface area contributed by atoms with Crippen molar-refractivity contribution < 1.29 is 14.9 Å². The number of hydrogen-bond acceptors (Lipinski definition) is 5. The third-order valence-corrected chi connectivity index (χ3v) is 2.18. The van der Waals surface area contributed by atoms with Crippen LogP contribution in [0.1, 0.15) is 11.3 Å². The Hall–Kier alpha value is -1.98. The second kappa shape index (κ2) is 5.38. The maximum absolute atomic E-state index is 9.14. The normalized spacial score (nSPS) is 10.2. The SMILES string of the molecule is OCc1cncc(Oc2ccccc2CO)n1. The van der Waals surface area contributed by atoms with Gasteiger partial charge in [0, 0.05) is 5.56 Å². The summed E-state index contributed by atoms with van der Waals surface area (Å²) in [6.45, 7) is -0.296. The molecule has 2 N–H and O–H groups in total. The Balaban J connectivity index is 2.24. The Morgan fingerprint density at radius 2 is 1.88 bits per heavy atom. The van der Waals surface area contributed by atoms with E-state index in [9.17, 15) is 0 Å². The predicted octanol–water partition coefficient (Wildman–Crippen LogP) is 1.25. The molecule has 1 aromatic carbocycles. The van der Waals surface area contributed by atoms with Gasteiger partial charge < -0.3 is 14.9 Å². The van der Waals surface area contributed by atoms with Gasteiger partial charge in [-0.25, -0.2) is 4.98 Å². The number of aliphatic hydroxyl groups is 2. The average molecular weight is 232 g/mol. The molecule has 0 spiro atoms. The van der Waals surface area contributed by atoms with Crippen LogP contribution in [0.3, 0.4) is 0 Å². The standard InChI is InChI=1S/C12H12N2O3/c15-7-9-3-1-2-4-11(9)17-12-6-13-5-10(8-16)14-12/h1-6,15-16H,7-8H2.